The Morgan fingerprint density at radius 2 is 1.31 bits per heavy atom. The van der Waals surface area contributed by atoms with E-state index in [2.05, 4.69) is 41.9 Å². The lowest BCUT2D eigenvalue weighted by Gasteiger charge is -2.37. The topological polar surface area (TPSA) is 345 Å². The van der Waals surface area contributed by atoms with Crippen molar-refractivity contribution in [3.63, 3.8) is 0 Å². The van der Waals surface area contributed by atoms with Crippen LogP contribution in [0.5, 0.6) is 5.75 Å². The highest BCUT2D eigenvalue weighted by Crippen LogP contribution is 2.32. The maximum absolute atomic E-state index is 15.5. The molecule has 5 heterocycles. The highest BCUT2D eigenvalue weighted by Gasteiger charge is 2.48. The number of unbranched alkanes of at least 4 members (excludes halogenated alkanes) is 1. The van der Waals surface area contributed by atoms with Gasteiger partial charge in [-0.15, -0.1) is 0 Å². The number of aromatic nitrogens is 2. The number of ketones is 1. The summed E-state index contributed by atoms with van der Waals surface area (Å²) in [6.45, 7) is 4.79. The lowest BCUT2D eigenvalue weighted by atomic mass is 9.95. The molecule has 4 aromatic carbocycles. The summed E-state index contributed by atoms with van der Waals surface area (Å²) in [5, 5.41) is 28.8. The maximum atomic E-state index is 15.5. The van der Waals surface area contributed by atoms with E-state index in [4.69, 9.17) is 16.2 Å². The zero-order chi connectivity index (χ0) is 70.4. The molecular weight excluding hydrogens is 1310 g/mol. The van der Waals surface area contributed by atoms with Crippen molar-refractivity contribution >= 4 is 98.4 Å². The fourth-order valence-electron chi connectivity index (χ4n) is 13.0. The van der Waals surface area contributed by atoms with Crippen LogP contribution in [0.4, 0.5) is 13.2 Å². The van der Waals surface area contributed by atoms with Crippen LogP contribution < -0.4 is 48.1 Å². The average Bonchev–Trinajstić information content (AvgIpc) is 1.59. The molecule has 13 N–H and O–H groups in total. The van der Waals surface area contributed by atoms with Crippen LogP contribution in [0.1, 0.15) is 100.0 Å². The number of nitrogens with one attached hydrogen (secondary N) is 8. The van der Waals surface area contributed by atoms with Crippen LogP contribution in [0.2, 0.25) is 0 Å². The Bertz CT molecular complexity index is 3880. The number of carbonyl (C=O) groups is 9. The number of aliphatic hydroxyl groups is 1. The molecule has 2 saturated heterocycles. The normalized spacial score (nSPS) is 25.0. The molecule has 2 bridgehead atoms. The first-order valence-corrected chi connectivity index (χ1v) is 35.4. The van der Waals surface area contributed by atoms with Gasteiger partial charge in [-0.2, -0.15) is 23.5 Å². The highest BCUT2D eigenvalue weighted by atomic mass is 32.2. The second-order valence-corrected chi connectivity index (χ2v) is 28.0. The molecule has 23 nitrogen and oxygen atoms in total. The summed E-state index contributed by atoms with van der Waals surface area (Å²) in [6, 6.07) is 9.84. The molecule has 3 aliphatic heterocycles. The number of amides is 8. The molecular formula is C70H87F3N12O11S2. The molecule has 0 saturated carbocycles. The second kappa shape index (κ2) is 33.9. The monoisotopic (exact) mass is 1390 g/mol. The van der Waals surface area contributed by atoms with E-state index in [1.165, 1.54) is 110 Å². The molecule has 0 aliphatic carbocycles. The summed E-state index contributed by atoms with van der Waals surface area (Å²) in [4.78, 5) is 141. The molecule has 3 aliphatic rings. The highest BCUT2D eigenvalue weighted by molar-refractivity contribution is 7.98. The molecule has 8 amide bonds. The minimum absolute atomic E-state index is 0.00796. The molecule has 9 rings (SSSR count). The number of fused-ring (bicyclic) bond motifs is 6. The van der Waals surface area contributed by atoms with Gasteiger partial charge in [0.1, 0.15) is 58.9 Å². The molecule has 2 aromatic heterocycles. The summed E-state index contributed by atoms with van der Waals surface area (Å²) in [5.74, 6) is -7.15. The number of aliphatic hydroxyl groups excluding tert-OH is 1. The molecule has 98 heavy (non-hydrogen) atoms. The number of ether oxygens (including phenoxy) is 1. The molecule has 2 fully saturated rings. The second-order valence-electron chi connectivity index (χ2n) is 25.8. The Balaban J connectivity index is 1.04. The summed E-state index contributed by atoms with van der Waals surface area (Å²) < 4.78 is 50.4. The quantitative estimate of drug-likeness (QED) is 0.0745. The zero-order valence-corrected chi connectivity index (χ0v) is 57.0. The first-order chi connectivity index (χ1) is 46.9. The van der Waals surface area contributed by atoms with Crippen molar-refractivity contribution in [2.24, 2.45) is 17.4 Å². The minimum Gasteiger partial charge on any atom is -0.497 e. The van der Waals surface area contributed by atoms with Crippen LogP contribution in [0, 0.1) is 23.4 Å². The largest absolute Gasteiger partial charge is 0.497 e. The molecule has 28 heteroatoms. The van der Waals surface area contributed by atoms with Crippen LogP contribution in [-0.2, 0) is 73.9 Å². The van der Waals surface area contributed by atoms with Crippen LogP contribution in [0.3, 0.4) is 0 Å². The van der Waals surface area contributed by atoms with Gasteiger partial charge in [0.25, 0.3) is 0 Å². The molecule has 10 atom stereocenters. The van der Waals surface area contributed by atoms with E-state index in [-0.39, 0.29) is 71.0 Å². The Labute approximate surface area is 574 Å². The van der Waals surface area contributed by atoms with E-state index in [9.17, 15) is 38.3 Å². The van der Waals surface area contributed by atoms with Crippen molar-refractivity contribution in [3.05, 3.63) is 137 Å². The number of carbonyl (C=O) groups excluding carboxylic acids is 9. The number of halogens is 3. The summed E-state index contributed by atoms with van der Waals surface area (Å²) in [6.07, 6.45) is 2.13. The lowest BCUT2D eigenvalue weighted by Crippen LogP contribution is -2.63. The Kier molecular flexibility index (Phi) is 25.5. The SMILES string of the molecule is COc1ccc(C[C@@H]2NC(=O)[C@@H]([C@H](C)O)NC(=O)[C@H]3C[C@@H](N)CN3C(=O)[C@H](Cc3c[nH]c4ccc(F)cc34)NC(=O)[C@H](Cc3c[nH]c4ccc(F)cc34)NC(=O)[C@@H](C)CC(=O)[C@H](CCCCN)NC(=O)CCSCc3cc(F)cc(c3)CSCCNC(=O)[C@]3(C)CCCN3C2=O)cc1. The number of thioether (sulfide) groups is 2. The zero-order valence-electron chi connectivity index (χ0n) is 55.3. The number of benzene rings is 4. The number of Topliss-reactive ketones (excluding diaryl/α,β-unsaturated/α-hetero) is 1. The standard InChI is InChI=1S/C70H87F3N12O11S2/c1-39-24-60(87)55(8-5-6-19-74)79-61(88)17-22-97-37-42-25-43(27-48(73)26-42)38-98-23-20-76-69(95)70(3)18-7-21-85(70)68(94)57(28-41-9-13-50(96-4)14-10-41)82-66(92)62(40(2)86)83-65(91)59-33-49(75)36-84(59)67(93)58(30-45-35-78-54-16-12-47(72)32-52(45)54)81-64(90)56(80-63(39)89)29-44-34-77-53-15-11-46(71)31-51(44)53/h9-16,25-27,31-32,34-35,39-40,49,55-59,62,77-78,86H,5-8,17-24,28-30,33,36-38,74-75H2,1-4H3,(H,76,95)(H,79,88)(H,80,89)(H,81,90)(H,82,92)(H,83,91)/t39-,40-,49+,55-,56-,57-,58-,59+,62+,70-/m0/s1. The smallest absolute Gasteiger partial charge is 0.246 e. The average molecular weight is 1390 g/mol. The summed E-state index contributed by atoms with van der Waals surface area (Å²) in [7, 11) is 1.49. The van der Waals surface area contributed by atoms with E-state index in [1.54, 1.807) is 31.2 Å². The predicted molar refractivity (Wildman–Crippen MR) is 367 cm³/mol. The van der Waals surface area contributed by atoms with Crippen LogP contribution >= 0.6 is 23.5 Å². The first kappa shape index (κ1) is 73.8. The lowest BCUT2D eigenvalue weighted by molar-refractivity contribution is -0.147. The van der Waals surface area contributed by atoms with Crippen molar-refractivity contribution in [1.82, 2.24) is 51.7 Å². The van der Waals surface area contributed by atoms with Gasteiger partial charge >= 0.3 is 0 Å². The van der Waals surface area contributed by atoms with Crippen molar-refractivity contribution in [1.29, 1.82) is 0 Å². The molecule has 0 spiro atoms. The van der Waals surface area contributed by atoms with Crippen LogP contribution in [-0.4, -0.2) is 177 Å². The number of aromatic amines is 2. The van der Waals surface area contributed by atoms with Gasteiger partial charge in [-0.05, 0) is 147 Å². The third-order valence-corrected chi connectivity index (χ3v) is 20.4. The fraction of sp³-hybridized carbons (Fsp3) is 0.471. The number of nitrogens with zero attached hydrogens (tertiary/aromatic N) is 2. The number of rotatable bonds is 12. The van der Waals surface area contributed by atoms with Crippen molar-refractivity contribution in [2.75, 3.05) is 44.8 Å². The summed E-state index contributed by atoms with van der Waals surface area (Å²) in [5.41, 5.74) is 14.7. The fourth-order valence-corrected chi connectivity index (χ4v) is 14.6. The van der Waals surface area contributed by atoms with Gasteiger partial charge in [0, 0.05) is 121 Å². The number of nitrogens with two attached hydrogens (primary N) is 2. The Hall–Kier alpha value is -8.44. The van der Waals surface area contributed by atoms with E-state index in [0.29, 0.717) is 104 Å². The van der Waals surface area contributed by atoms with Gasteiger partial charge in [-0.25, -0.2) is 13.2 Å². The van der Waals surface area contributed by atoms with Gasteiger partial charge in [0.05, 0.1) is 19.3 Å². The van der Waals surface area contributed by atoms with E-state index >= 15 is 23.2 Å². The molecule has 526 valence electrons. The van der Waals surface area contributed by atoms with E-state index in [0.717, 1.165) is 4.90 Å². The van der Waals surface area contributed by atoms with Gasteiger partial charge in [0.2, 0.25) is 47.3 Å². The van der Waals surface area contributed by atoms with Crippen LogP contribution in [0.15, 0.2) is 91.3 Å². The first-order valence-electron chi connectivity index (χ1n) is 33.1. The third kappa shape index (κ3) is 18.8. The number of H-pyrrole nitrogens is 2. The van der Waals surface area contributed by atoms with E-state index in [1.807, 2.05) is 6.07 Å². The number of methoxy groups -OCH3 is 1. The van der Waals surface area contributed by atoms with Gasteiger partial charge in [-0.3, -0.25) is 43.2 Å². The molecule has 0 unspecified atom stereocenters. The Morgan fingerprint density at radius 3 is 1.94 bits per heavy atom. The predicted octanol–water partition coefficient (Wildman–Crippen LogP) is 4.63. The third-order valence-electron chi connectivity index (χ3n) is 18.3. The van der Waals surface area contributed by atoms with Gasteiger partial charge in [0.15, 0.2) is 5.78 Å². The van der Waals surface area contributed by atoms with Crippen molar-refractivity contribution < 1.29 is 66.2 Å². The molecule has 0 radical (unpaired) electrons. The van der Waals surface area contributed by atoms with Gasteiger partial charge in [-0.1, -0.05) is 25.1 Å². The van der Waals surface area contributed by atoms with Crippen molar-refractivity contribution in [3.8, 4) is 5.75 Å². The van der Waals surface area contributed by atoms with Gasteiger partial charge < -0.3 is 73.0 Å². The number of hydrogen-bond acceptors (Lipinski definition) is 15. The Morgan fingerprint density at radius 1 is 0.694 bits per heavy atom. The molecule has 6 aromatic rings. The van der Waals surface area contributed by atoms with Crippen molar-refractivity contribution in [2.45, 2.75) is 157 Å². The minimum atomic E-state index is -1.76. The van der Waals surface area contributed by atoms with Crippen LogP contribution in [0.25, 0.3) is 21.8 Å². The summed E-state index contributed by atoms with van der Waals surface area (Å²) >= 11 is 2.86. The van der Waals surface area contributed by atoms with E-state index < -0.39 is 130 Å². The maximum Gasteiger partial charge on any atom is 0.246 e. The number of hydrogen-bond donors (Lipinski definition) is 11.